The van der Waals surface area contributed by atoms with E-state index in [2.05, 4.69) is 15.2 Å². The van der Waals surface area contributed by atoms with Crippen LogP contribution in [0.3, 0.4) is 0 Å². The highest BCUT2D eigenvalue weighted by Crippen LogP contribution is 2.18. The maximum Gasteiger partial charge on any atom is 0.193 e. The summed E-state index contributed by atoms with van der Waals surface area (Å²) in [7, 11) is -1.37. The van der Waals surface area contributed by atoms with E-state index in [9.17, 15) is 8.42 Å². The molecule has 7 nitrogen and oxygen atoms in total. The zero-order valence-electron chi connectivity index (χ0n) is 17.5. The summed E-state index contributed by atoms with van der Waals surface area (Å²) in [5.41, 5.74) is 1.02. The van der Waals surface area contributed by atoms with Crippen molar-refractivity contribution in [3.63, 3.8) is 0 Å². The Labute approximate surface area is 174 Å². The molecule has 29 heavy (non-hydrogen) atoms. The topological polar surface area (TPSA) is 80.2 Å². The number of guanidine groups is 1. The van der Waals surface area contributed by atoms with Gasteiger partial charge >= 0.3 is 0 Å². The third kappa shape index (κ3) is 6.69. The molecule has 2 fully saturated rings. The minimum Gasteiger partial charge on any atom is -0.376 e. The summed E-state index contributed by atoms with van der Waals surface area (Å²) >= 11 is 0. The predicted molar refractivity (Wildman–Crippen MR) is 114 cm³/mol. The Balaban J connectivity index is 1.41. The number of nitrogens with one attached hydrogen (secondary N) is 1. The molecule has 1 N–H and O–H groups in total. The number of rotatable bonds is 6. The number of hydrogen-bond donors (Lipinski definition) is 1. The van der Waals surface area contributed by atoms with Crippen molar-refractivity contribution in [1.82, 2.24) is 10.2 Å². The fraction of sp³-hybridized carbons (Fsp3) is 0.667. The highest BCUT2D eigenvalue weighted by atomic mass is 32.2. The van der Waals surface area contributed by atoms with E-state index in [4.69, 9.17) is 9.47 Å². The van der Waals surface area contributed by atoms with Gasteiger partial charge in [0.1, 0.15) is 0 Å². The first-order valence-corrected chi connectivity index (χ1v) is 12.3. The number of benzene rings is 1. The van der Waals surface area contributed by atoms with Crippen LogP contribution < -0.4 is 5.32 Å². The summed E-state index contributed by atoms with van der Waals surface area (Å²) in [6.07, 6.45) is 7.27. The SMILES string of the molecule is CN=C(NCc1ccc(S(C)(=O)=O)cc1)N1CCC(OCC2CCCCO2)CC1. The number of nitrogens with zero attached hydrogens (tertiary/aromatic N) is 2. The van der Waals surface area contributed by atoms with E-state index in [1.165, 1.54) is 19.1 Å². The second-order valence-corrected chi connectivity index (χ2v) is 9.84. The molecule has 0 saturated carbocycles. The fourth-order valence-electron chi connectivity index (χ4n) is 3.78. The lowest BCUT2D eigenvalue weighted by molar-refractivity contribution is -0.0721. The molecule has 1 atom stereocenters. The van der Waals surface area contributed by atoms with E-state index in [0.29, 0.717) is 24.2 Å². The molecule has 1 aromatic carbocycles. The van der Waals surface area contributed by atoms with Gasteiger partial charge in [-0.05, 0) is 49.8 Å². The first kappa shape index (κ1) is 22.1. The van der Waals surface area contributed by atoms with Gasteiger partial charge in [0.2, 0.25) is 0 Å². The van der Waals surface area contributed by atoms with E-state index in [1.807, 2.05) is 12.1 Å². The van der Waals surface area contributed by atoms with Gasteiger partial charge in [-0.3, -0.25) is 4.99 Å². The lowest BCUT2D eigenvalue weighted by Crippen LogP contribution is -2.47. The molecular weight excluding hydrogens is 390 g/mol. The Bertz CT molecular complexity index is 766. The number of hydrogen-bond acceptors (Lipinski definition) is 5. The van der Waals surface area contributed by atoms with Crippen molar-refractivity contribution in [2.75, 3.05) is 39.6 Å². The number of ether oxygens (including phenoxy) is 2. The quantitative estimate of drug-likeness (QED) is 0.558. The van der Waals surface area contributed by atoms with Crippen molar-refractivity contribution < 1.29 is 17.9 Å². The molecule has 2 heterocycles. The van der Waals surface area contributed by atoms with Crippen LogP contribution in [0.1, 0.15) is 37.7 Å². The lowest BCUT2D eigenvalue weighted by atomic mass is 10.1. The first-order chi connectivity index (χ1) is 14.0. The minimum absolute atomic E-state index is 0.269. The lowest BCUT2D eigenvalue weighted by Gasteiger charge is -2.35. The Morgan fingerprint density at radius 3 is 2.52 bits per heavy atom. The van der Waals surface area contributed by atoms with Gasteiger partial charge in [-0.15, -0.1) is 0 Å². The molecule has 1 aromatic rings. The van der Waals surface area contributed by atoms with Crippen molar-refractivity contribution in [1.29, 1.82) is 0 Å². The third-order valence-corrected chi connectivity index (χ3v) is 6.68. The van der Waals surface area contributed by atoms with Crippen LogP contribution in [0.4, 0.5) is 0 Å². The molecular formula is C21H33N3O4S. The average Bonchev–Trinajstić information content (AvgIpc) is 2.74. The van der Waals surface area contributed by atoms with Crippen molar-refractivity contribution in [2.45, 2.75) is 55.8 Å². The maximum absolute atomic E-state index is 11.6. The van der Waals surface area contributed by atoms with Crippen molar-refractivity contribution in [3.8, 4) is 0 Å². The van der Waals surface area contributed by atoms with E-state index < -0.39 is 9.84 Å². The van der Waals surface area contributed by atoms with Crippen LogP contribution in [-0.2, 0) is 25.9 Å². The van der Waals surface area contributed by atoms with Gasteiger partial charge in [-0.2, -0.15) is 0 Å². The molecule has 0 spiro atoms. The molecule has 0 aliphatic carbocycles. The largest absolute Gasteiger partial charge is 0.376 e. The molecule has 3 rings (SSSR count). The first-order valence-electron chi connectivity index (χ1n) is 10.4. The van der Waals surface area contributed by atoms with E-state index in [0.717, 1.165) is 50.5 Å². The third-order valence-electron chi connectivity index (χ3n) is 5.55. The molecule has 8 heteroatoms. The van der Waals surface area contributed by atoms with Crippen molar-refractivity contribution in [3.05, 3.63) is 29.8 Å². The standard InChI is InChI=1S/C21H33N3O4S/c1-22-21(23-15-17-6-8-20(9-7-17)29(2,25)26)24-12-10-18(11-13-24)28-16-19-5-3-4-14-27-19/h6-9,18-19H,3-5,10-16H2,1-2H3,(H,22,23). The number of piperidine rings is 1. The van der Waals surface area contributed by atoms with Gasteiger partial charge in [0.25, 0.3) is 0 Å². The minimum atomic E-state index is -3.16. The van der Waals surface area contributed by atoms with Crippen molar-refractivity contribution >= 4 is 15.8 Å². The molecule has 0 radical (unpaired) electrons. The van der Waals surface area contributed by atoms with Crippen LogP contribution >= 0.6 is 0 Å². The maximum atomic E-state index is 11.6. The number of aliphatic imine (C=N–C) groups is 1. The molecule has 162 valence electrons. The molecule has 2 saturated heterocycles. The molecule has 2 aliphatic rings. The summed E-state index contributed by atoms with van der Waals surface area (Å²) in [6.45, 7) is 3.99. The van der Waals surface area contributed by atoms with Crippen LogP contribution in [0.2, 0.25) is 0 Å². The molecule has 0 bridgehead atoms. The van der Waals surface area contributed by atoms with Gasteiger partial charge in [0.05, 0.1) is 23.7 Å². The van der Waals surface area contributed by atoms with Crippen LogP contribution in [-0.4, -0.2) is 71.1 Å². The fourth-order valence-corrected chi connectivity index (χ4v) is 4.41. The number of sulfone groups is 1. The Kier molecular flexibility index (Phi) is 7.91. The molecule has 2 aliphatic heterocycles. The number of likely N-dealkylation sites (tertiary alicyclic amines) is 1. The summed E-state index contributed by atoms with van der Waals surface area (Å²) in [4.78, 5) is 6.99. The summed E-state index contributed by atoms with van der Waals surface area (Å²) < 4.78 is 35.0. The molecule has 0 amide bonds. The second kappa shape index (κ2) is 10.4. The van der Waals surface area contributed by atoms with Gasteiger partial charge < -0.3 is 19.7 Å². The smallest absolute Gasteiger partial charge is 0.193 e. The van der Waals surface area contributed by atoms with E-state index >= 15 is 0 Å². The van der Waals surface area contributed by atoms with Crippen LogP contribution in [0.5, 0.6) is 0 Å². The molecule has 1 unspecified atom stereocenters. The summed E-state index contributed by atoms with van der Waals surface area (Å²) in [5.74, 6) is 0.867. The normalized spacial score (nSPS) is 21.9. The van der Waals surface area contributed by atoms with Gasteiger partial charge in [0.15, 0.2) is 15.8 Å². The highest BCUT2D eigenvalue weighted by molar-refractivity contribution is 7.90. The Morgan fingerprint density at radius 2 is 1.93 bits per heavy atom. The predicted octanol–water partition coefficient (Wildman–Crippen LogP) is 2.22. The van der Waals surface area contributed by atoms with E-state index in [-0.39, 0.29) is 6.10 Å². The van der Waals surface area contributed by atoms with Crippen LogP contribution in [0, 0.1) is 0 Å². The van der Waals surface area contributed by atoms with Crippen LogP contribution in [0.15, 0.2) is 34.2 Å². The summed E-state index contributed by atoms with van der Waals surface area (Å²) in [6, 6.07) is 6.97. The van der Waals surface area contributed by atoms with Gasteiger partial charge in [-0.25, -0.2) is 8.42 Å². The monoisotopic (exact) mass is 423 g/mol. The van der Waals surface area contributed by atoms with E-state index in [1.54, 1.807) is 19.2 Å². The second-order valence-electron chi connectivity index (χ2n) is 7.83. The average molecular weight is 424 g/mol. The Morgan fingerprint density at radius 1 is 1.21 bits per heavy atom. The molecule has 0 aromatic heterocycles. The zero-order chi connectivity index (χ0) is 20.7. The zero-order valence-corrected chi connectivity index (χ0v) is 18.3. The Hall–Kier alpha value is -1.64. The van der Waals surface area contributed by atoms with Crippen LogP contribution in [0.25, 0.3) is 0 Å². The summed E-state index contributed by atoms with van der Waals surface area (Å²) in [5, 5.41) is 3.38. The van der Waals surface area contributed by atoms with Gasteiger partial charge in [-0.1, -0.05) is 12.1 Å². The van der Waals surface area contributed by atoms with Gasteiger partial charge in [0, 0.05) is 39.5 Å². The highest BCUT2D eigenvalue weighted by Gasteiger charge is 2.23. The van der Waals surface area contributed by atoms with Crippen molar-refractivity contribution in [2.24, 2.45) is 4.99 Å².